The molecule has 2 N–H and O–H groups in total. The third-order valence-electron chi connectivity index (χ3n) is 6.35. The highest BCUT2D eigenvalue weighted by Crippen LogP contribution is 2.47. The van der Waals surface area contributed by atoms with Crippen LogP contribution in [0.5, 0.6) is 5.75 Å². The van der Waals surface area contributed by atoms with Crippen molar-refractivity contribution in [2.45, 2.75) is 43.7 Å². The van der Waals surface area contributed by atoms with Gasteiger partial charge in [-0.15, -0.1) is 0 Å². The molecule has 4 rings (SSSR count). The van der Waals surface area contributed by atoms with Gasteiger partial charge in [-0.2, -0.15) is 0 Å². The maximum atomic E-state index is 13.0. The fourth-order valence-electron chi connectivity index (χ4n) is 4.89. The molecule has 0 radical (unpaired) electrons. The molecule has 0 aromatic heterocycles. The van der Waals surface area contributed by atoms with E-state index in [9.17, 15) is 9.90 Å². The number of methoxy groups -OCH3 is 1. The molecule has 1 saturated carbocycles. The number of nitrogens with zero attached hydrogens (tertiary/aromatic N) is 1. The smallest absolute Gasteiger partial charge is 0.322 e. The van der Waals surface area contributed by atoms with Gasteiger partial charge in [0.05, 0.1) is 12.7 Å². The van der Waals surface area contributed by atoms with E-state index in [0.29, 0.717) is 13.0 Å². The van der Waals surface area contributed by atoms with Gasteiger partial charge in [0.15, 0.2) is 0 Å². The van der Waals surface area contributed by atoms with Crippen LogP contribution in [0, 0.1) is 5.92 Å². The number of hydrogen-bond acceptors (Lipinski definition) is 3. The van der Waals surface area contributed by atoms with Crippen LogP contribution in [0.3, 0.4) is 0 Å². The fraction of sp³-hybridized carbons (Fsp3) is 0.435. The molecule has 0 bridgehead atoms. The van der Waals surface area contributed by atoms with Gasteiger partial charge in [0, 0.05) is 24.2 Å². The van der Waals surface area contributed by atoms with Crippen molar-refractivity contribution in [3.63, 3.8) is 0 Å². The van der Waals surface area contributed by atoms with Gasteiger partial charge >= 0.3 is 6.03 Å². The number of fused-ring (bicyclic) bond motifs is 1. The van der Waals surface area contributed by atoms with Crippen molar-refractivity contribution in [2.75, 3.05) is 19.0 Å². The Labute approximate surface area is 166 Å². The highest BCUT2D eigenvalue weighted by molar-refractivity contribution is 5.89. The lowest BCUT2D eigenvalue weighted by Crippen LogP contribution is -2.59. The zero-order valence-electron chi connectivity index (χ0n) is 16.3. The number of anilines is 1. The standard InChI is InChI=1S/C23H28N2O3/c1-28-19-13-11-18(12-14-19)24-22(26)25-16-15-23(27,17-7-3-2-4-8-17)20-9-5-6-10-21(20)25/h2-4,7-8,11-14,20-21,27H,5-6,9-10,15-16H2,1H3,(H,24,26)/t20-,21+,23+/m0/s1. The first-order valence-electron chi connectivity index (χ1n) is 10.1. The minimum atomic E-state index is -0.858. The lowest BCUT2D eigenvalue weighted by atomic mass is 9.66. The average molecular weight is 380 g/mol. The molecule has 0 unspecified atom stereocenters. The van der Waals surface area contributed by atoms with E-state index >= 15 is 0 Å². The molecule has 2 fully saturated rings. The van der Waals surface area contributed by atoms with Crippen LogP contribution in [0.2, 0.25) is 0 Å². The van der Waals surface area contributed by atoms with Gasteiger partial charge in [-0.3, -0.25) is 0 Å². The number of amides is 2. The highest BCUT2D eigenvalue weighted by atomic mass is 16.5. The van der Waals surface area contributed by atoms with Crippen molar-refractivity contribution in [1.82, 2.24) is 4.90 Å². The van der Waals surface area contributed by atoms with E-state index in [4.69, 9.17) is 4.74 Å². The lowest BCUT2D eigenvalue weighted by Gasteiger charge is -2.52. The monoisotopic (exact) mass is 380 g/mol. The number of benzene rings is 2. The topological polar surface area (TPSA) is 61.8 Å². The van der Waals surface area contributed by atoms with Crippen LogP contribution in [-0.2, 0) is 5.60 Å². The van der Waals surface area contributed by atoms with Crippen LogP contribution in [-0.4, -0.2) is 35.7 Å². The maximum Gasteiger partial charge on any atom is 0.322 e. The number of nitrogens with one attached hydrogen (secondary N) is 1. The third-order valence-corrected chi connectivity index (χ3v) is 6.35. The number of piperidine rings is 1. The van der Waals surface area contributed by atoms with E-state index in [-0.39, 0.29) is 18.0 Å². The molecule has 1 aliphatic carbocycles. The second-order valence-corrected chi connectivity index (χ2v) is 7.85. The van der Waals surface area contributed by atoms with Crippen LogP contribution in [0.15, 0.2) is 54.6 Å². The Bertz CT molecular complexity index is 808. The number of carbonyl (C=O) groups is 1. The summed E-state index contributed by atoms with van der Waals surface area (Å²) in [4.78, 5) is 15.0. The molecular weight excluding hydrogens is 352 g/mol. The second kappa shape index (κ2) is 7.84. The van der Waals surface area contributed by atoms with E-state index in [2.05, 4.69) is 5.32 Å². The molecule has 3 atom stereocenters. The summed E-state index contributed by atoms with van der Waals surface area (Å²) in [7, 11) is 1.62. The maximum absolute atomic E-state index is 13.0. The van der Waals surface area contributed by atoms with E-state index in [1.807, 2.05) is 59.5 Å². The number of urea groups is 1. The van der Waals surface area contributed by atoms with Gasteiger partial charge in [0.2, 0.25) is 0 Å². The first kappa shape index (κ1) is 18.8. The Morgan fingerprint density at radius 2 is 1.82 bits per heavy atom. The van der Waals surface area contributed by atoms with E-state index < -0.39 is 5.60 Å². The molecule has 2 amide bonds. The van der Waals surface area contributed by atoms with Gasteiger partial charge in [-0.25, -0.2) is 4.79 Å². The van der Waals surface area contributed by atoms with Crippen LogP contribution in [0.4, 0.5) is 10.5 Å². The van der Waals surface area contributed by atoms with Crippen LogP contribution < -0.4 is 10.1 Å². The van der Waals surface area contributed by atoms with Crippen molar-refractivity contribution in [3.05, 3.63) is 60.2 Å². The fourth-order valence-corrected chi connectivity index (χ4v) is 4.89. The number of ether oxygens (including phenoxy) is 1. The molecule has 5 nitrogen and oxygen atoms in total. The first-order chi connectivity index (χ1) is 13.6. The van der Waals surface area contributed by atoms with Crippen molar-refractivity contribution < 1.29 is 14.6 Å². The predicted molar refractivity (Wildman–Crippen MR) is 109 cm³/mol. The Balaban J connectivity index is 1.54. The molecule has 5 heteroatoms. The van der Waals surface area contributed by atoms with E-state index in [1.54, 1.807) is 7.11 Å². The van der Waals surface area contributed by atoms with Gasteiger partial charge < -0.3 is 20.1 Å². The molecule has 0 spiro atoms. The molecule has 2 aromatic carbocycles. The van der Waals surface area contributed by atoms with E-state index in [0.717, 1.165) is 42.7 Å². The number of likely N-dealkylation sites (tertiary alicyclic amines) is 1. The molecule has 2 aromatic rings. The Morgan fingerprint density at radius 3 is 2.54 bits per heavy atom. The quantitative estimate of drug-likeness (QED) is 0.831. The molecule has 2 aliphatic rings. The lowest BCUT2D eigenvalue weighted by molar-refractivity contribution is -0.107. The summed E-state index contributed by atoms with van der Waals surface area (Å²) in [5.41, 5.74) is 0.868. The van der Waals surface area contributed by atoms with Crippen LogP contribution in [0.1, 0.15) is 37.7 Å². The summed E-state index contributed by atoms with van der Waals surface area (Å²) in [5, 5.41) is 14.6. The first-order valence-corrected chi connectivity index (χ1v) is 10.1. The van der Waals surface area contributed by atoms with Crippen molar-refractivity contribution >= 4 is 11.7 Å². The van der Waals surface area contributed by atoms with Crippen LogP contribution in [0.25, 0.3) is 0 Å². The van der Waals surface area contributed by atoms with E-state index in [1.165, 1.54) is 0 Å². The number of hydrogen-bond donors (Lipinski definition) is 2. The van der Waals surface area contributed by atoms with Gasteiger partial charge in [0.1, 0.15) is 5.75 Å². The summed E-state index contributed by atoms with van der Waals surface area (Å²) < 4.78 is 5.18. The Kier molecular flexibility index (Phi) is 5.27. The molecule has 1 heterocycles. The molecular formula is C23H28N2O3. The molecule has 1 aliphatic heterocycles. The summed E-state index contributed by atoms with van der Waals surface area (Å²) in [6.45, 7) is 0.550. The van der Waals surface area contributed by atoms with Crippen molar-refractivity contribution in [2.24, 2.45) is 5.92 Å². The van der Waals surface area contributed by atoms with Gasteiger partial charge in [-0.1, -0.05) is 43.2 Å². The van der Waals surface area contributed by atoms with Crippen LogP contribution >= 0.6 is 0 Å². The molecule has 148 valence electrons. The normalized spacial score (nSPS) is 27.0. The van der Waals surface area contributed by atoms with Gasteiger partial charge in [-0.05, 0) is 49.1 Å². The Hall–Kier alpha value is -2.53. The SMILES string of the molecule is COc1ccc(NC(=O)N2CC[C@@](O)(c3ccccc3)[C@H]3CCCC[C@H]32)cc1. The van der Waals surface area contributed by atoms with Gasteiger partial charge in [0.25, 0.3) is 0 Å². The zero-order valence-corrected chi connectivity index (χ0v) is 16.3. The van der Waals surface area contributed by atoms with Crippen molar-refractivity contribution in [3.8, 4) is 5.75 Å². The second-order valence-electron chi connectivity index (χ2n) is 7.85. The average Bonchev–Trinajstić information content (AvgIpc) is 2.75. The minimum Gasteiger partial charge on any atom is -0.497 e. The summed E-state index contributed by atoms with van der Waals surface area (Å²) in [5.74, 6) is 0.829. The van der Waals surface area contributed by atoms with Crippen molar-refractivity contribution in [1.29, 1.82) is 0 Å². The minimum absolute atomic E-state index is 0.0611. The largest absolute Gasteiger partial charge is 0.497 e. The number of aliphatic hydroxyl groups is 1. The number of carbonyl (C=O) groups excluding carboxylic acids is 1. The summed E-state index contributed by atoms with van der Waals surface area (Å²) in [6, 6.07) is 17.3. The summed E-state index contributed by atoms with van der Waals surface area (Å²) in [6.07, 6.45) is 4.65. The third kappa shape index (κ3) is 3.47. The predicted octanol–water partition coefficient (Wildman–Crippen LogP) is 4.38. The molecule has 28 heavy (non-hydrogen) atoms. The highest BCUT2D eigenvalue weighted by Gasteiger charge is 2.50. The number of rotatable bonds is 3. The molecule has 1 saturated heterocycles. The zero-order chi connectivity index (χ0) is 19.6. The Morgan fingerprint density at radius 1 is 1.11 bits per heavy atom. The summed E-state index contributed by atoms with van der Waals surface area (Å²) >= 11 is 0.